The highest BCUT2D eigenvalue weighted by atomic mass is 16.6. The summed E-state index contributed by atoms with van der Waals surface area (Å²) in [4.78, 5) is 52.4. The number of nitrogens with one attached hydrogen (secondary N) is 2. The number of ether oxygens (including phenoxy) is 2. The van der Waals surface area contributed by atoms with Crippen molar-refractivity contribution in [3.8, 4) is 0 Å². The first-order valence-corrected chi connectivity index (χ1v) is 26.8. The van der Waals surface area contributed by atoms with Crippen LogP contribution in [0.4, 0.5) is 0 Å². The molecule has 4 heterocycles. The van der Waals surface area contributed by atoms with Crippen LogP contribution in [0.15, 0.2) is 0 Å². The van der Waals surface area contributed by atoms with Gasteiger partial charge in [-0.2, -0.15) is 0 Å². The van der Waals surface area contributed by atoms with Gasteiger partial charge in [-0.05, 0) is 215 Å². The minimum Gasteiger partial charge on any atom is -0.462 e. The lowest BCUT2D eigenvalue weighted by atomic mass is 9.43. The molecule has 2 amide bonds. The average Bonchev–Trinajstić information content (AvgIpc) is 3.78. The predicted octanol–water partition coefficient (Wildman–Crippen LogP) is 9.07. The Morgan fingerprint density at radius 2 is 0.922 bits per heavy atom. The van der Waals surface area contributed by atoms with Crippen LogP contribution in [0.3, 0.4) is 0 Å². The van der Waals surface area contributed by atoms with Gasteiger partial charge >= 0.3 is 11.9 Å². The predicted molar refractivity (Wildman–Crippen MR) is 245 cm³/mol. The number of hydrogen-bond acceptors (Lipinski definition) is 8. The summed E-state index contributed by atoms with van der Waals surface area (Å²) in [6.07, 6.45) is 20.7. The standard InChI is InChI=1S/C54H86N2O8/c1-32-12-17-48(62)64-27-26-63-47(61)11-6-8-33-13-14-39-49-41(20-24-51(33,39)2)52(3)22-18-36(28-34(52)30-43(49)57)55-45(59)9-7-10-46(60)56-37-19-23-53(4)35(29-37)31-44(58)50-40-16-15-38(32)54(40,5)25-21-42(50)53/h32-44,49-50,57-58H,6-31H2,1-5H3,(H,55,59)(H,56,60)/t32-,33-,34?,35?,36-,37+,38-,39-,40+,41-,42+,43?,44?,49?,50?,51+,52-,53+,54-/m1/s1. The van der Waals surface area contributed by atoms with E-state index < -0.39 is 0 Å². The quantitative estimate of drug-likeness (QED) is 0.176. The van der Waals surface area contributed by atoms with Crippen LogP contribution in [0.5, 0.6) is 0 Å². The molecule has 12 fully saturated rings. The summed E-state index contributed by atoms with van der Waals surface area (Å²) in [5, 5.41) is 30.7. The first kappa shape index (κ1) is 46.9. The topological polar surface area (TPSA) is 151 Å². The molecular weight excluding hydrogens is 805 g/mol. The normalized spacial score (nSPS) is 50.8. The molecule has 19 atom stereocenters. The van der Waals surface area contributed by atoms with E-state index >= 15 is 0 Å². The Labute approximate surface area is 385 Å². The van der Waals surface area contributed by atoms with E-state index in [9.17, 15) is 29.4 Å². The van der Waals surface area contributed by atoms with E-state index in [2.05, 4.69) is 45.3 Å². The lowest BCUT2D eigenvalue weighted by molar-refractivity contribution is -0.167. The second-order valence-electron chi connectivity index (χ2n) is 24.9. The summed E-state index contributed by atoms with van der Waals surface area (Å²) in [5.41, 5.74) is 0.650. The zero-order valence-corrected chi connectivity index (χ0v) is 40.4. The molecule has 0 spiro atoms. The van der Waals surface area contributed by atoms with Crippen molar-refractivity contribution in [2.24, 2.45) is 86.8 Å². The van der Waals surface area contributed by atoms with Crippen LogP contribution in [0.25, 0.3) is 0 Å². The van der Waals surface area contributed by atoms with Crippen molar-refractivity contribution >= 4 is 23.8 Å². The fourth-order valence-electron chi connectivity index (χ4n) is 18.8. The smallest absolute Gasteiger partial charge is 0.305 e. The first-order valence-electron chi connectivity index (χ1n) is 26.8. The lowest BCUT2D eigenvalue weighted by Crippen LogP contribution is -2.59. The van der Waals surface area contributed by atoms with Gasteiger partial charge in [-0.1, -0.05) is 34.6 Å². The van der Waals surface area contributed by atoms with Gasteiger partial charge in [-0.3, -0.25) is 19.2 Å². The molecule has 13 bridgehead atoms. The molecule has 4 saturated heterocycles. The number of aliphatic hydroxyl groups is 2. The summed E-state index contributed by atoms with van der Waals surface area (Å²) in [6, 6.07) is 0.237. The number of rotatable bonds is 0. The van der Waals surface area contributed by atoms with Crippen LogP contribution in [0.2, 0.25) is 0 Å². The second kappa shape index (κ2) is 18.4. The molecule has 0 aromatic heterocycles. The number of hydrogen-bond donors (Lipinski definition) is 4. The Balaban J connectivity index is 0.849. The van der Waals surface area contributed by atoms with Gasteiger partial charge in [-0.15, -0.1) is 0 Å². The van der Waals surface area contributed by atoms with Crippen LogP contribution >= 0.6 is 0 Å². The van der Waals surface area contributed by atoms with Gasteiger partial charge in [0.05, 0.1) is 12.2 Å². The van der Waals surface area contributed by atoms with Crippen molar-refractivity contribution in [2.45, 2.75) is 213 Å². The first-order chi connectivity index (χ1) is 30.5. The second-order valence-corrected chi connectivity index (χ2v) is 24.9. The minimum atomic E-state index is -0.327. The van der Waals surface area contributed by atoms with Crippen molar-refractivity contribution < 1.29 is 38.9 Å². The Kier molecular flexibility index (Phi) is 13.5. The lowest BCUT2D eigenvalue weighted by Gasteiger charge is -2.62. The molecule has 12 rings (SSSR count). The fourth-order valence-corrected chi connectivity index (χ4v) is 18.8. The third-order valence-corrected chi connectivity index (χ3v) is 22.2. The van der Waals surface area contributed by atoms with Crippen molar-refractivity contribution in [1.82, 2.24) is 10.6 Å². The number of carbonyl (C=O) groups excluding carboxylic acids is 4. The highest BCUT2D eigenvalue weighted by molar-refractivity contribution is 5.79. The van der Waals surface area contributed by atoms with Crippen LogP contribution in [-0.2, 0) is 28.7 Å². The Morgan fingerprint density at radius 3 is 1.50 bits per heavy atom. The van der Waals surface area contributed by atoms with Gasteiger partial charge in [0, 0.05) is 37.8 Å². The molecule has 10 nitrogen and oxygen atoms in total. The molecule has 12 aliphatic rings. The van der Waals surface area contributed by atoms with Crippen LogP contribution in [0.1, 0.15) is 189 Å². The molecule has 0 radical (unpaired) electrons. The van der Waals surface area contributed by atoms with Gasteiger partial charge in [0.2, 0.25) is 11.8 Å². The molecule has 0 aromatic carbocycles. The van der Waals surface area contributed by atoms with E-state index in [4.69, 9.17) is 9.47 Å². The molecule has 4 aliphatic heterocycles. The number of amides is 2. The Bertz CT molecular complexity index is 1740. The number of aliphatic hydroxyl groups excluding tert-OH is 2. The molecule has 6 unspecified atom stereocenters. The summed E-state index contributed by atoms with van der Waals surface area (Å²) >= 11 is 0. The fraction of sp³-hybridized carbons (Fsp3) is 0.926. The van der Waals surface area contributed by atoms with Gasteiger partial charge in [0.15, 0.2) is 0 Å². The highest BCUT2D eigenvalue weighted by Crippen LogP contribution is 2.70. The van der Waals surface area contributed by atoms with E-state index in [1.165, 1.54) is 6.42 Å². The van der Waals surface area contributed by atoms with Crippen LogP contribution in [-0.4, -0.2) is 71.5 Å². The van der Waals surface area contributed by atoms with Gasteiger partial charge < -0.3 is 30.3 Å². The average molecular weight is 891 g/mol. The molecule has 4 N–H and O–H groups in total. The molecular formula is C54H86N2O8. The molecule has 360 valence electrons. The maximum atomic E-state index is 13.3. The number of esters is 2. The zero-order valence-electron chi connectivity index (χ0n) is 40.4. The SMILES string of the molecule is C[C@@H]1CCC(=O)OCCOC(=O)CCC[C@@H]2CC[C@@H]3C4C(O)CC5C[C@@H](CC[C@@]5(C)[C@@H]4CC[C@@]23C)NC(=O)CCCC(=O)N[C@H]2CC[C@@]3(C)C(CC(O)C4[C@@H]5CC[C@H]1[C@@]5(C)CC[C@@H]43)C2. The van der Waals surface area contributed by atoms with Crippen molar-refractivity contribution in [2.75, 3.05) is 13.2 Å². The summed E-state index contributed by atoms with van der Waals surface area (Å²) in [5.74, 6) is 4.43. The number of fused-ring (bicyclic) bond motifs is 2. The van der Waals surface area contributed by atoms with Crippen molar-refractivity contribution in [3.63, 3.8) is 0 Å². The van der Waals surface area contributed by atoms with Gasteiger partial charge in [-0.25, -0.2) is 0 Å². The van der Waals surface area contributed by atoms with Gasteiger partial charge in [0.25, 0.3) is 0 Å². The maximum Gasteiger partial charge on any atom is 0.305 e. The monoisotopic (exact) mass is 891 g/mol. The Hall–Kier alpha value is -2.20. The Morgan fingerprint density at radius 1 is 0.469 bits per heavy atom. The zero-order chi connectivity index (χ0) is 45.2. The summed E-state index contributed by atoms with van der Waals surface area (Å²) < 4.78 is 11.1. The molecule has 64 heavy (non-hydrogen) atoms. The maximum absolute atomic E-state index is 13.3. The third kappa shape index (κ3) is 8.52. The van der Waals surface area contributed by atoms with Crippen molar-refractivity contribution in [3.05, 3.63) is 0 Å². The summed E-state index contributed by atoms with van der Waals surface area (Å²) in [7, 11) is 0. The molecule has 8 aliphatic carbocycles. The van der Waals surface area contributed by atoms with Crippen LogP contribution in [0, 0.1) is 86.8 Å². The summed E-state index contributed by atoms with van der Waals surface area (Å²) in [6.45, 7) is 12.4. The largest absolute Gasteiger partial charge is 0.462 e. The van der Waals surface area contributed by atoms with E-state index in [1.54, 1.807) is 0 Å². The van der Waals surface area contributed by atoms with Crippen molar-refractivity contribution in [1.29, 1.82) is 0 Å². The molecule has 10 heteroatoms. The molecule has 0 aromatic rings. The minimum absolute atomic E-state index is 0.0441. The van der Waals surface area contributed by atoms with E-state index in [-0.39, 0.29) is 82.9 Å². The third-order valence-electron chi connectivity index (χ3n) is 22.2. The highest BCUT2D eigenvalue weighted by Gasteiger charge is 2.64. The van der Waals surface area contributed by atoms with E-state index in [1.807, 2.05) is 0 Å². The van der Waals surface area contributed by atoms with E-state index in [0.717, 1.165) is 116 Å². The number of carbonyl (C=O) groups is 4. The van der Waals surface area contributed by atoms with E-state index in [0.29, 0.717) is 97.2 Å². The molecule has 8 saturated carbocycles. The van der Waals surface area contributed by atoms with Gasteiger partial charge in [0.1, 0.15) is 13.2 Å². The van der Waals surface area contributed by atoms with Crippen LogP contribution < -0.4 is 10.6 Å².